The Kier molecular flexibility index (Phi) is 4.71. The van der Waals surface area contributed by atoms with Crippen molar-refractivity contribution in [1.82, 2.24) is 19.8 Å². The van der Waals surface area contributed by atoms with Crippen LogP contribution >= 0.6 is 0 Å². The molecule has 1 aliphatic heterocycles. The van der Waals surface area contributed by atoms with Crippen LogP contribution in [0.25, 0.3) is 5.65 Å². The van der Waals surface area contributed by atoms with Crippen LogP contribution in [0.2, 0.25) is 0 Å². The number of aryl methyl sites for hydroxylation is 1. The summed E-state index contributed by atoms with van der Waals surface area (Å²) < 4.78 is 50.7. The van der Waals surface area contributed by atoms with Crippen molar-refractivity contribution in [3.63, 3.8) is 0 Å². The molecule has 0 radical (unpaired) electrons. The van der Waals surface area contributed by atoms with E-state index in [4.69, 9.17) is 9.26 Å². The molecule has 4 heterocycles. The molecule has 1 aliphatic carbocycles. The number of anilines is 2. The van der Waals surface area contributed by atoms with Gasteiger partial charge >= 0.3 is 6.18 Å². The van der Waals surface area contributed by atoms with Crippen LogP contribution < -0.4 is 15.0 Å². The van der Waals surface area contributed by atoms with E-state index in [1.54, 1.807) is 12.3 Å². The molecule has 0 amide bonds. The summed E-state index contributed by atoms with van der Waals surface area (Å²) in [5, 5.41) is 11.8. The number of rotatable bonds is 5. The molecule has 5 rings (SSSR count). The van der Waals surface area contributed by atoms with E-state index in [1.165, 1.54) is 10.6 Å². The van der Waals surface area contributed by atoms with E-state index in [0.717, 1.165) is 44.4 Å². The summed E-state index contributed by atoms with van der Waals surface area (Å²) in [6.07, 6.45) is -2.59. The monoisotopic (exact) mass is 436 g/mol. The van der Waals surface area contributed by atoms with E-state index in [2.05, 4.69) is 25.5 Å². The molecule has 8 nitrogen and oxygen atoms in total. The van der Waals surface area contributed by atoms with Crippen LogP contribution in [0, 0.1) is 18.8 Å². The molecule has 1 unspecified atom stereocenters. The third kappa shape index (κ3) is 3.77. The molecule has 4 atom stereocenters. The van der Waals surface area contributed by atoms with Gasteiger partial charge in [0.05, 0.1) is 5.69 Å². The molecular formula is C20H23F3N6O2. The molecule has 0 aromatic carbocycles. The van der Waals surface area contributed by atoms with Crippen LogP contribution in [0.4, 0.5) is 25.0 Å². The normalized spacial score (nSPS) is 24.5. The number of hydrogen-bond acceptors (Lipinski definition) is 7. The average Bonchev–Trinajstić information content (AvgIpc) is 3.38. The van der Waals surface area contributed by atoms with E-state index >= 15 is 0 Å². The van der Waals surface area contributed by atoms with Crippen molar-refractivity contribution in [3.8, 4) is 5.75 Å². The lowest BCUT2D eigenvalue weighted by atomic mass is 9.92. The van der Waals surface area contributed by atoms with Gasteiger partial charge in [-0.25, -0.2) is 4.52 Å². The fourth-order valence-corrected chi connectivity index (χ4v) is 4.58. The smallest absolute Gasteiger partial charge is 0.425 e. The predicted octanol–water partition coefficient (Wildman–Crippen LogP) is 3.68. The lowest BCUT2D eigenvalue weighted by Gasteiger charge is -2.37. The zero-order valence-corrected chi connectivity index (χ0v) is 17.1. The number of fused-ring (bicyclic) bond motifs is 3. The third-order valence-electron chi connectivity index (χ3n) is 6.15. The van der Waals surface area contributed by atoms with E-state index < -0.39 is 12.3 Å². The molecule has 166 valence electrons. The van der Waals surface area contributed by atoms with Gasteiger partial charge in [0.1, 0.15) is 0 Å². The number of piperidine rings is 1. The molecule has 0 spiro atoms. The predicted molar refractivity (Wildman–Crippen MR) is 106 cm³/mol. The second kappa shape index (κ2) is 7.31. The van der Waals surface area contributed by atoms with Gasteiger partial charge in [-0.15, -0.1) is 5.10 Å². The number of aromatic nitrogens is 4. The van der Waals surface area contributed by atoms with Crippen molar-refractivity contribution in [3.05, 3.63) is 30.1 Å². The van der Waals surface area contributed by atoms with E-state index in [0.29, 0.717) is 17.8 Å². The zero-order valence-electron chi connectivity index (χ0n) is 17.1. The van der Waals surface area contributed by atoms with E-state index in [-0.39, 0.29) is 17.4 Å². The second-order valence-corrected chi connectivity index (χ2v) is 8.36. The molecule has 1 saturated heterocycles. The Morgan fingerprint density at radius 1 is 1.26 bits per heavy atom. The highest BCUT2D eigenvalue weighted by Gasteiger charge is 2.43. The average molecular weight is 436 g/mol. The first-order valence-corrected chi connectivity index (χ1v) is 10.3. The van der Waals surface area contributed by atoms with Crippen LogP contribution in [0.15, 0.2) is 28.9 Å². The van der Waals surface area contributed by atoms with Crippen LogP contribution in [0.5, 0.6) is 5.75 Å². The van der Waals surface area contributed by atoms with Gasteiger partial charge in [-0.2, -0.15) is 18.2 Å². The molecule has 3 aromatic heterocycles. The van der Waals surface area contributed by atoms with Crippen molar-refractivity contribution in [2.24, 2.45) is 11.8 Å². The quantitative estimate of drug-likeness (QED) is 0.654. The minimum absolute atomic E-state index is 0.0476. The van der Waals surface area contributed by atoms with Crippen LogP contribution in [-0.4, -0.2) is 51.2 Å². The number of alkyl halides is 3. The Hall–Kier alpha value is -2.98. The van der Waals surface area contributed by atoms with Crippen molar-refractivity contribution < 1.29 is 22.4 Å². The molecule has 2 fully saturated rings. The van der Waals surface area contributed by atoms with Gasteiger partial charge in [-0.1, -0.05) is 5.16 Å². The number of nitrogens with one attached hydrogen (secondary N) is 1. The lowest BCUT2D eigenvalue weighted by molar-refractivity contribution is -0.189. The van der Waals surface area contributed by atoms with Crippen molar-refractivity contribution in [1.29, 1.82) is 0 Å². The van der Waals surface area contributed by atoms with Gasteiger partial charge in [-0.05, 0) is 50.7 Å². The maximum Gasteiger partial charge on any atom is 0.425 e. The molecule has 3 aromatic rings. The molecule has 11 heteroatoms. The molecule has 2 bridgehead atoms. The minimum Gasteiger partial charge on any atom is -0.477 e. The highest BCUT2D eigenvalue weighted by molar-refractivity contribution is 5.56. The van der Waals surface area contributed by atoms with Crippen LogP contribution in [-0.2, 0) is 0 Å². The fourth-order valence-electron chi connectivity index (χ4n) is 4.58. The van der Waals surface area contributed by atoms with Crippen molar-refractivity contribution >= 4 is 17.5 Å². The van der Waals surface area contributed by atoms with Gasteiger partial charge in [0.25, 0.3) is 0 Å². The first-order chi connectivity index (χ1) is 14.8. The maximum atomic E-state index is 12.9. The first kappa shape index (κ1) is 20.0. The van der Waals surface area contributed by atoms with E-state index in [1.807, 2.05) is 13.0 Å². The molecule has 1 N–H and O–H groups in total. The Labute approximate surface area is 176 Å². The number of hydrogen-bond donors (Lipinski definition) is 1. The number of nitrogens with zero attached hydrogens (tertiary/aromatic N) is 5. The topological polar surface area (TPSA) is 80.7 Å². The standard InChI is InChI=1S/C20H23F3N6O2/c1-11-8-16(31-27-11)28-9-13-5-6-14(10-28)17(13)24-19-25-18-15(4-3-7-29(18)26-19)30-12(2)20(21,22)23/h3-4,7-8,12-14,17H,5-6,9-10H2,1-2H3,(H,24,26)/t12-,13-,14+,17?/m0/s1. The van der Waals surface area contributed by atoms with Gasteiger partial charge in [0.2, 0.25) is 11.8 Å². The number of halogens is 3. The Bertz CT molecular complexity index is 1070. The second-order valence-electron chi connectivity index (χ2n) is 8.36. The Morgan fingerprint density at radius 3 is 2.65 bits per heavy atom. The summed E-state index contributed by atoms with van der Waals surface area (Å²) in [7, 11) is 0. The summed E-state index contributed by atoms with van der Waals surface area (Å²) in [5.41, 5.74) is 1.11. The first-order valence-electron chi connectivity index (χ1n) is 10.3. The number of pyridine rings is 1. The summed E-state index contributed by atoms with van der Waals surface area (Å²) in [6.45, 7) is 4.56. The SMILES string of the molecule is Cc1cc(N2C[C@H]3CC[C@@H](C2)C3Nc2nc3c(O[C@@H](C)C(F)(F)F)cccn3n2)on1. The fraction of sp³-hybridized carbons (Fsp3) is 0.550. The summed E-state index contributed by atoms with van der Waals surface area (Å²) in [6, 6.07) is 5.19. The highest BCUT2D eigenvalue weighted by atomic mass is 19.4. The summed E-state index contributed by atoms with van der Waals surface area (Å²) in [4.78, 5) is 6.65. The molecule has 1 saturated carbocycles. The van der Waals surface area contributed by atoms with Crippen LogP contribution in [0.1, 0.15) is 25.5 Å². The van der Waals surface area contributed by atoms with Crippen molar-refractivity contribution in [2.75, 3.05) is 23.3 Å². The number of ether oxygens (including phenoxy) is 1. The largest absolute Gasteiger partial charge is 0.477 e. The zero-order chi connectivity index (χ0) is 21.8. The van der Waals surface area contributed by atoms with Gasteiger partial charge in [0, 0.05) is 31.4 Å². The lowest BCUT2D eigenvalue weighted by Crippen LogP contribution is -2.48. The minimum atomic E-state index is -4.46. The maximum absolute atomic E-state index is 12.9. The Balaban J connectivity index is 1.33. The van der Waals surface area contributed by atoms with E-state index in [9.17, 15) is 13.2 Å². The van der Waals surface area contributed by atoms with Crippen molar-refractivity contribution in [2.45, 2.75) is 45.0 Å². The van der Waals surface area contributed by atoms with Gasteiger partial charge in [0.15, 0.2) is 17.5 Å². The van der Waals surface area contributed by atoms with Crippen LogP contribution in [0.3, 0.4) is 0 Å². The summed E-state index contributed by atoms with van der Waals surface area (Å²) in [5.74, 6) is 2.00. The molecular weight excluding hydrogens is 413 g/mol. The van der Waals surface area contributed by atoms with Gasteiger partial charge in [-0.3, -0.25) is 0 Å². The van der Waals surface area contributed by atoms with Gasteiger partial charge < -0.3 is 19.5 Å². The molecule has 31 heavy (non-hydrogen) atoms. The molecule has 2 aliphatic rings. The third-order valence-corrected chi connectivity index (χ3v) is 6.15. The highest BCUT2D eigenvalue weighted by Crippen LogP contribution is 2.40. The summed E-state index contributed by atoms with van der Waals surface area (Å²) >= 11 is 0. The Morgan fingerprint density at radius 2 is 2.00 bits per heavy atom.